The van der Waals surface area contributed by atoms with Gasteiger partial charge >= 0.3 is 0 Å². The molecule has 0 aromatic carbocycles. The van der Waals surface area contributed by atoms with E-state index in [0.29, 0.717) is 0 Å². The minimum absolute atomic E-state index is 0.263. The van der Waals surface area contributed by atoms with Gasteiger partial charge in [0.25, 0.3) is 0 Å². The summed E-state index contributed by atoms with van der Waals surface area (Å²) in [6.45, 7) is 4.42. The van der Waals surface area contributed by atoms with E-state index in [9.17, 15) is 8.78 Å². The molecule has 0 aliphatic carbocycles. The molecule has 0 N–H and O–H groups in total. The predicted molar refractivity (Wildman–Crippen MR) is 36.5 cm³/mol. The summed E-state index contributed by atoms with van der Waals surface area (Å²) in [5, 5.41) is 0. The van der Waals surface area contributed by atoms with Crippen LogP contribution in [-0.2, 0) is 0 Å². The summed E-state index contributed by atoms with van der Waals surface area (Å²) < 4.78 is 25.0. The molecule has 0 aromatic rings. The fourth-order valence-corrected chi connectivity index (χ4v) is 1.17. The van der Waals surface area contributed by atoms with Crippen LogP contribution in [0.3, 0.4) is 0 Å². The zero-order valence-corrected chi connectivity index (χ0v) is 6.35. The smallest absolute Gasteiger partial charge is 0.145 e. The third-order valence-corrected chi connectivity index (χ3v) is 1.94. The zero-order chi connectivity index (χ0) is 7.72. The molecular formula is C7H13F2N. The first-order chi connectivity index (χ1) is 4.61. The van der Waals surface area contributed by atoms with Gasteiger partial charge in [-0.1, -0.05) is 0 Å². The van der Waals surface area contributed by atoms with Crippen LogP contribution in [-0.4, -0.2) is 36.4 Å². The van der Waals surface area contributed by atoms with Gasteiger partial charge in [-0.15, -0.1) is 0 Å². The van der Waals surface area contributed by atoms with Crippen molar-refractivity contribution >= 4 is 0 Å². The first-order valence-electron chi connectivity index (χ1n) is 3.63. The van der Waals surface area contributed by atoms with Gasteiger partial charge in [-0.3, -0.25) is 4.90 Å². The topological polar surface area (TPSA) is 3.24 Å². The van der Waals surface area contributed by atoms with Gasteiger partial charge in [-0.05, 0) is 13.8 Å². The van der Waals surface area contributed by atoms with Crippen molar-refractivity contribution in [3.63, 3.8) is 0 Å². The lowest BCUT2D eigenvalue weighted by molar-refractivity contribution is 0.217. The molecule has 1 heterocycles. The molecule has 1 saturated heterocycles. The Kier molecular flexibility index (Phi) is 2.24. The van der Waals surface area contributed by atoms with Crippen molar-refractivity contribution in [3.05, 3.63) is 0 Å². The summed E-state index contributed by atoms with van der Waals surface area (Å²) in [5.41, 5.74) is 0. The lowest BCUT2D eigenvalue weighted by Gasteiger charge is -2.18. The number of hydrogen-bond acceptors (Lipinski definition) is 1. The van der Waals surface area contributed by atoms with E-state index in [0.717, 1.165) is 0 Å². The molecule has 0 bridgehead atoms. The van der Waals surface area contributed by atoms with E-state index in [1.807, 2.05) is 18.7 Å². The maximum atomic E-state index is 12.5. The molecule has 0 radical (unpaired) electrons. The molecule has 1 aliphatic rings. The van der Waals surface area contributed by atoms with Crippen LogP contribution >= 0.6 is 0 Å². The Morgan fingerprint density at radius 3 is 1.80 bits per heavy atom. The Morgan fingerprint density at radius 2 is 1.60 bits per heavy atom. The summed E-state index contributed by atoms with van der Waals surface area (Å²) in [6.07, 6.45) is -2.52. The van der Waals surface area contributed by atoms with Crippen molar-refractivity contribution < 1.29 is 8.78 Å². The Bertz CT molecular complexity index is 106. The fourth-order valence-electron chi connectivity index (χ4n) is 1.17. The third kappa shape index (κ3) is 1.45. The minimum Gasteiger partial charge on any atom is -0.295 e. The van der Waals surface area contributed by atoms with E-state index < -0.39 is 12.3 Å². The number of nitrogens with zero attached hydrogens (tertiary/aromatic N) is 1. The van der Waals surface area contributed by atoms with Gasteiger partial charge in [0.1, 0.15) is 12.3 Å². The van der Waals surface area contributed by atoms with E-state index in [4.69, 9.17) is 0 Å². The number of likely N-dealkylation sites (tertiary alicyclic amines) is 1. The molecule has 10 heavy (non-hydrogen) atoms. The Balaban J connectivity index is 2.41. The lowest BCUT2D eigenvalue weighted by Crippen LogP contribution is -2.28. The number of hydrogen-bond donors (Lipinski definition) is 0. The summed E-state index contributed by atoms with van der Waals surface area (Å²) in [5.74, 6) is 0. The molecule has 3 heteroatoms. The molecule has 0 amide bonds. The molecule has 0 saturated carbocycles. The van der Waals surface area contributed by atoms with Crippen LogP contribution < -0.4 is 0 Å². The standard InChI is InChI=1S/C7H13F2N/c1-5(2)10-3-6(8)7(9)4-10/h5-7H,3-4H2,1-2H3/t6-,7-/m0/s1. The third-order valence-electron chi connectivity index (χ3n) is 1.94. The minimum atomic E-state index is -1.26. The normalized spacial score (nSPS) is 35.7. The number of halogens is 2. The second kappa shape index (κ2) is 2.82. The van der Waals surface area contributed by atoms with Crippen molar-refractivity contribution in [2.75, 3.05) is 13.1 Å². The lowest BCUT2D eigenvalue weighted by atomic mass is 10.3. The Labute approximate surface area is 60.0 Å². The van der Waals surface area contributed by atoms with Crippen LogP contribution in [0.2, 0.25) is 0 Å². The van der Waals surface area contributed by atoms with Crippen molar-refractivity contribution in [1.29, 1.82) is 0 Å². The molecule has 2 atom stereocenters. The molecule has 60 valence electrons. The highest BCUT2D eigenvalue weighted by Crippen LogP contribution is 2.18. The highest BCUT2D eigenvalue weighted by molar-refractivity contribution is 4.85. The largest absolute Gasteiger partial charge is 0.295 e. The molecule has 0 aromatic heterocycles. The van der Waals surface area contributed by atoms with Gasteiger partial charge in [0.15, 0.2) is 0 Å². The first kappa shape index (κ1) is 7.92. The maximum Gasteiger partial charge on any atom is 0.145 e. The van der Waals surface area contributed by atoms with E-state index in [2.05, 4.69) is 0 Å². The van der Waals surface area contributed by atoms with Gasteiger partial charge < -0.3 is 0 Å². The maximum absolute atomic E-state index is 12.5. The Hall–Kier alpha value is -0.180. The van der Waals surface area contributed by atoms with E-state index in [1.165, 1.54) is 0 Å². The molecule has 0 spiro atoms. The van der Waals surface area contributed by atoms with Crippen LogP contribution in [0.1, 0.15) is 13.8 Å². The highest BCUT2D eigenvalue weighted by atomic mass is 19.2. The summed E-state index contributed by atoms with van der Waals surface area (Å²) in [6, 6.07) is 0.263. The van der Waals surface area contributed by atoms with Crippen LogP contribution in [0.15, 0.2) is 0 Å². The van der Waals surface area contributed by atoms with E-state index >= 15 is 0 Å². The van der Waals surface area contributed by atoms with Crippen molar-refractivity contribution in [2.24, 2.45) is 0 Å². The predicted octanol–water partition coefficient (Wildman–Crippen LogP) is 1.39. The number of alkyl halides is 2. The van der Waals surface area contributed by atoms with Crippen molar-refractivity contribution in [3.8, 4) is 0 Å². The van der Waals surface area contributed by atoms with Gasteiger partial charge in [0.2, 0.25) is 0 Å². The Morgan fingerprint density at radius 1 is 1.20 bits per heavy atom. The summed E-state index contributed by atoms with van der Waals surface area (Å²) >= 11 is 0. The van der Waals surface area contributed by atoms with E-state index in [1.54, 1.807) is 0 Å². The molecule has 1 fully saturated rings. The highest BCUT2D eigenvalue weighted by Gasteiger charge is 2.33. The van der Waals surface area contributed by atoms with E-state index in [-0.39, 0.29) is 19.1 Å². The quantitative estimate of drug-likeness (QED) is 0.544. The van der Waals surface area contributed by atoms with Crippen LogP contribution in [0.25, 0.3) is 0 Å². The second-order valence-corrected chi connectivity index (χ2v) is 3.08. The molecule has 1 aliphatic heterocycles. The van der Waals surface area contributed by atoms with Gasteiger partial charge in [0.05, 0.1) is 0 Å². The zero-order valence-electron chi connectivity index (χ0n) is 6.35. The van der Waals surface area contributed by atoms with Gasteiger partial charge in [-0.25, -0.2) is 8.78 Å². The monoisotopic (exact) mass is 149 g/mol. The average Bonchev–Trinajstić information content (AvgIpc) is 2.13. The molecule has 0 unspecified atom stereocenters. The fraction of sp³-hybridized carbons (Fsp3) is 1.00. The number of rotatable bonds is 1. The summed E-state index contributed by atoms with van der Waals surface area (Å²) in [7, 11) is 0. The van der Waals surface area contributed by atoms with Crippen molar-refractivity contribution in [1.82, 2.24) is 4.90 Å². The van der Waals surface area contributed by atoms with Crippen molar-refractivity contribution in [2.45, 2.75) is 32.2 Å². The molecule has 1 rings (SSSR count). The van der Waals surface area contributed by atoms with Crippen LogP contribution in [0, 0.1) is 0 Å². The summed E-state index contributed by atoms with van der Waals surface area (Å²) in [4.78, 5) is 1.81. The first-order valence-corrected chi connectivity index (χ1v) is 3.63. The van der Waals surface area contributed by atoms with Gasteiger partial charge in [-0.2, -0.15) is 0 Å². The molecular weight excluding hydrogens is 136 g/mol. The van der Waals surface area contributed by atoms with Gasteiger partial charge in [0, 0.05) is 19.1 Å². The second-order valence-electron chi connectivity index (χ2n) is 3.08. The van der Waals surface area contributed by atoms with Crippen LogP contribution in [0.4, 0.5) is 8.78 Å². The van der Waals surface area contributed by atoms with Crippen LogP contribution in [0.5, 0.6) is 0 Å². The average molecular weight is 149 g/mol. The molecule has 1 nitrogen and oxygen atoms in total. The SMILES string of the molecule is CC(C)N1C[C@H](F)[C@@H](F)C1.